The fourth-order valence-electron chi connectivity index (χ4n) is 2.24. The minimum absolute atomic E-state index is 0.661. The topological polar surface area (TPSA) is 24.5 Å². The normalized spacial score (nSPS) is 14.8. The number of ether oxygens (including phenoxy) is 1. The summed E-state index contributed by atoms with van der Waals surface area (Å²) in [5.41, 5.74) is 2.43. The molecule has 1 aliphatic rings. The van der Waals surface area contributed by atoms with Crippen LogP contribution in [-0.2, 0) is 11.3 Å². The Morgan fingerprint density at radius 2 is 2.22 bits per heavy atom. The van der Waals surface area contributed by atoms with E-state index in [0.717, 1.165) is 24.7 Å². The maximum Gasteiger partial charge on any atom is 0.0637 e. The molecule has 0 aromatic heterocycles. The van der Waals surface area contributed by atoms with Crippen molar-refractivity contribution in [3.05, 3.63) is 28.8 Å². The molecular formula is C14H21ClN2O. The third kappa shape index (κ3) is 3.16. The lowest BCUT2D eigenvalue weighted by Crippen LogP contribution is -2.30. The number of anilines is 1. The summed E-state index contributed by atoms with van der Waals surface area (Å²) in [6.07, 6.45) is 2.55. The first kappa shape index (κ1) is 13.7. The monoisotopic (exact) mass is 268 g/mol. The maximum absolute atomic E-state index is 6.31. The Hall–Kier alpha value is -0.770. The van der Waals surface area contributed by atoms with Crippen molar-refractivity contribution in [2.24, 2.45) is 0 Å². The Morgan fingerprint density at radius 1 is 1.44 bits per heavy atom. The first-order chi connectivity index (χ1) is 8.77. The van der Waals surface area contributed by atoms with E-state index in [1.165, 1.54) is 24.1 Å². The molecule has 1 saturated carbocycles. The summed E-state index contributed by atoms with van der Waals surface area (Å²) < 4.78 is 5.21. The molecule has 0 saturated heterocycles. The Kier molecular flexibility index (Phi) is 4.87. The molecule has 1 fully saturated rings. The molecule has 0 atom stereocenters. The minimum atomic E-state index is 0.661. The largest absolute Gasteiger partial charge is 0.383 e. The second kappa shape index (κ2) is 6.41. The van der Waals surface area contributed by atoms with Crippen LogP contribution in [0, 0.1) is 0 Å². The molecule has 0 spiro atoms. The molecule has 0 radical (unpaired) electrons. The van der Waals surface area contributed by atoms with Gasteiger partial charge in [-0.05, 0) is 32.0 Å². The molecule has 0 aliphatic heterocycles. The quantitative estimate of drug-likeness (QED) is 0.823. The van der Waals surface area contributed by atoms with Crippen LogP contribution in [0.5, 0.6) is 0 Å². The van der Waals surface area contributed by atoms with Crippen molar-refractivity contribution in [2.45, 2.75) is 25.4 Å². The zero-order valence-corrected chi connectivity index (χ0v) is 11.8. The molecule has 0 unspecified atom stereocenters. The molecule has 1 aromatic carbocycles. The predicted molar refractivity (Wildman–Crippen MR) is 76.5 cm³/mol. The summed E-state index contributed by atoms with van der Waals surface area (Å²) in [4.78, 5) is 2.43. The van der Waals surface area contributed by atoms with Gasteiger partial charge in [0.1, 0.15) is 0 Å². The van der Waals surface area contributed by atoms with Crippen LogP contribution in [0.2, 0.25) is 5.02 Å². The van der Waals surface area contributed by atoms with Crippen LogP contribution in [-0.4, -0.2) is 33.4 Å². The predicted octanol–water partition coefficient (Wildman–Crippen LogP) is 2.67. The van der Waals surface area contributed by atoms with E-state index in [4.69, 9.17) is 16.3 Å². The van der Waals surface area contributed by atoms with E-state index < -0.39 is 0 Å². The van der Waals surface area contributed by atoms with Crippen LogP contribution in [0.25, 0.3) is 0 Å². The lowest BCUT2D eigenvalue weighted by molar-refractivity contribution is 0.205. The van der Waals surface area contributed by atoms with Crippen molar-refractivity contribution in [3.8, 4) is 0 Å². The van der Waals surface area contributed by atoms with E-state index >= 15 is 0 Å². The molecule has 0 amide bonds. The van der Waals surface area contributed by atoms with Gasteiger partial charge in [0.05, 0.1) is 6.61 Å². The van der Waals surface area contributed by atoms with Crippen molar-refractivity contribution in [3.63, 3.8) is 0 Å². The van der Waals surface area contributed by atoms with Crippen LogP contribution >= 0.6 is 11.6 Å². The van der Waals surface area contributed by atoms with Crippen molar-refractivity contribution >= 4 is 17.3 Å². The fourth-order valence-corrected chi connectivity index (χ4v) is 2.48. The number of nitrogens with zero attached hydrogens (tertiary/aromatic N) is 1. The van der Waals surface area contributed by atoms with Crippen molar-refractivity contribution in [2.75, 3.05) is 32.2 Å². The molecule has 18 heavy (non-hydrogen) atoms. The van der Waals surface area contributed by atoms with E-state index in [1.807, 2.05) is 19.2 Å². The minimum Gasteiger partial charge on any atom is -0.383 e. The average Bonchev–Trinajstić information content (AvgIpc) is 3.18. The summed E-state index contributed by atoms with van der Waals surface area (Å²) >= 11 is 6.31. The molecular weight excluding hydrogens is 248 g/mol. The highest BCUT2D eigenvalue weighted by Gasteiger charge is 2.30. The number of benzene rings is 1. The SMILES string of the molecule is CNCc1c(Cl)cccc1N(CCOC)C1CC1. The Morgan fingerprint density at radius 3 is 2.83 bits per heavy atom. The standard InChI is InChI=1S/C14H21ClN2O/c1-16-10-12-13(15)4-3-5-14(12)17(8-9-18-2)11-6-7-11/h3-5,11,16H,6-10H2,1-2H3. The van der Waals surface area contributed by atoms with Gasteiger partial charge in [-0.25, -0.2) is 0 Å². The van der Waals surface area contributed by atoms with Gasteiger partial charge in [-0.2, -0.15) is 0 Å². The highest BCUT2D eigenvalue weighted by atomic mass is 35.5. The van der Waals surface area contributed by atoms with E-state index in [9.17, 15) is 0 Å². The van der Waals surface area contributed by atoms with E-state index in [0.29, 0.717) is 6.04 Å². The van der Waals surface area contributed by atoms with Crippen LogP contribution in [0.3, 0.4) is 0 Å². The van der Waals surface area contributed by atoms with E-state index in [1.54, 1.807) is 7.11 Å². The molecule has 1 aliphatic carbocycles. The highest BCUT2D eigenvalue weighted by molar-refractivity contribution is 6.31. The summed E-state index contributed by atoms with van der Waals surface area (Å²) in [6.45, 7) is 2.48. The number of hydrogen-bond acceptors (Lipinski definition) is 3. The van der Waals surface area contributed by atoms with Crippen molar-refractivity contribution < 1.29 is 4.74 Å². The molecule has 4 heteroatoms. The molecule has 1 N–H and O–H groups in total. The number of hydrogen-bond donors (Lipinski definition) is 1. The first-order valence-corrected chi connectivity index (χ1v) is 6.83. The van der Waals surface area contributed by atoms with Gasteiger partial charge in [0.25, 0.3) is 0 Å². The molecule has 3 nitrogen and oxygen atoms in total. The van der Waals surface area contributed by atoms with Crippen LogP contribution in [0.1, 0.15) is 18.4 Å². The van der Waals surface area contributed by atoms with Crippen LogP contribution < -0.4 is 10.2 Å². The number of halogens is 1. The molecule has 2 rings (SSSR count). The fraction of sp³-hybridized carbons (Fsp3) is 0.571. The molecule has 1 aromatic rings. The molecule has 100 valence electrons. The van der Waals surface area contributed by atoms with Gasteiger partial charge in [0.2, 0.25) is 0 Å². The Labute approximate surface area is 114 Å². The summed E-state index contributed by atoms with van der Waals surface area (Å²) in [5.74, 6) is 0. The summed E-state index contributed by atoms with van der Waals surface area (Å²) in [6, 6.07) is 6.80. The first-order valence-electron chi connectivity index (χ1n) is 6.45. The van der Waals surface area contributed by atoms with Crippen molar-refractivity contribution in [1.82, 2.24) is 5.32 Å². The van der Waals surface area contributed by atoms with E-state index in [2.05, 4.69) is 16.3 Å². The number of nitrogens with one attached hydrogen (secondary N) is 1. The second-order valence-electron chi connectivity index (χ2n) is 4.69. The lowest BCUT2D eigenvalue weighted by Gasteiger charge is -2.27. The lowest BCUT2D eigenvalue weighted by atomic mass is 10.1. The average molecular weight is 269 g/mol. The zero-order valence-electron chi connectivity index (χ0n) is 11.1. The van der Waals surface area contributed by atoms with E-state index in [-0.39, 0.29) is 0 Å². The Balaban J connectivity index is 2.25. The van der Waals surface area contributed by atoms with Gasteiger partial charge in [-0.1, -0.05) is 17.7 Å². The zero-order chi connectivity index (χ0) is 13.0. The smallest absolute Gasteiger partial charge is 0.0637 e. The van der Waals surface area contributed by atoms with Gasteiger partial charge >= 0.3 is 0 Å². The van der Waals surface area contributed by atoms with Gasteiger partial charge in [-0.15, -0.1) is 0 Å². The molecule has 0 bridgehead atoms. The summed E-state index contributed by atoms with van der Waals surface area (Å²) in [7, 11) is 3.70. The molecule has 0 heterocycles. The number of methoxy groups -OCH3 is 1. The highest BCUT2D eigenvalue weighted by Crippen LogP contribution is 2.35. The van der Waals surface area contributed by atoms with Crippen LogP contribution in [0.15, 0.2) is 18.2 Å². The maximum atomic E-state index is 6.31. The van der Waals surface area contributed by atoms with Gasteiger partial charge in [-0.3, -0.25) is 0 Å². The van der Waals surface area contributed by atoms with Crippen LogP contribution in [0.4, 0.5) is 5.69 Å². The third-order valence-corrected chi connectivity index (χ3v) is 3.64. The number of rotatable bonds is 7. The van der Waals surface area contributed by atoms with Crippen molar-refractivity contribution in [1.29, 1.82) is 0 Å². The third-order valence-electron chi connectivity index (χ3n) is 3.28. The van der Waals surface area contributed by atoms with Gasteiger partial charge < -0.3 is 15.0 Å². The second-order valence-corrected chi connectivity index (χ2v) is 5.09. The Bertz CT molecular complexity index is 393. The summed E-state index contributed by atoms with van der Waals surface area (Å²) in [5, 5.41) is 4.03. The van der Waals surface area contributed by atoms with Gasteiger partial charge in [0, 0.05) is 42.5 Å². The van der Waals surface area contributed by atoms with Gasteiger partial charge in [0.15, 0.2) is 0 Å².